The number of amides is 2. The Morgan fingerprint density at radius 3 is 2.32 bits per heavy atom. The van der Waals surface area contributed by atoms with Crippen molar-refractivity contribution in [1.29, 1.82) is 0 Å². The average molecular weight is 361 g/mol. The van der Waals surface area contributed by atoms with E-state index >= 15 is 0 Å². The molecule has 4 nitrogen and oxygen atoms in total. The molecule has 0 aromatic heterocycles. The molecule has 5 heteroatoms. The van der Waals surface area contributed by atoms with Crippen molar-refractivity contribution in [3.63, 3.8) is 0 Å². The van der Waals surface area contributed by atoms with E-state index in [0.29, 0.717) is 6.54 Å². The number of anilines is 2. The molecule has 2 rings (SSSR count). The Morgan fingerprint density at radius 1 is 1.05 bits per heavy atom. The molecular formula is C17H17BrN2O2. The van der Waals surface area contributed by atoms with Crippen molar-refractivity contribution in [3.05, 3.63) is 59.1 Å². The molecule has 0 aliphatic rings. The van der Waals surface area contributed by atoms with Gasteiger partial charge in [0, 0.05) is 30.0 Å². The molecule has 0 aliphatic heterocycles. The average Bonchev–Trinajstić information content (AvgIpc) is 2.50. The van der Waals surface area contributed by atoms with Gasteiger partial charge in [-0.05, 0) is 40.2 Å². The number of hydrogen-bond acceptors (Lipinski definition) is 2. The number of nitrogens with one attached hydrogen (secondary N) is 1. The van der Waals surface area contributed by atoms with Gasteiger partial charge >= 0.3 is 0 Å². The zero-order valence-electron chi connectivity index (χ0n) is 12.3. The van der Waals surface area contributed by atoms with Gasteiger partial charge in [-0.2, -0.15) is 0 Å². The van der Waals surface area contributed by atoms with Gasteiger partial charge in [0.2, 0.25) is 11.8 Å². The number of carbonyl (C=O) groups excluding carboxylic acids is 2. The molecule has 1 N–H and O–H groups in total. The Balaban J connectivity index is 1.97. The molecule has 0 spiro atoms. The van der Waals surface area contributed by atoms with E-state index in [1.54, 1.807) is 4.90 Å². The van der Waals surface area contributed by atoms with E-state index < -0.39 is 0 Å². The van der Waals surface area contributed by atoms with Crippen LogP contribution >= 0.6 is 15.9 Å². The maximum atomic E-state index is 12.1. The lowest BCUT2D eigenvalue weighted by atomic mass is 10.2. The molecule has 0 bridgehead atoms. The highest BCUT2D eigenvalue weighted by Crippen LogP contribution is 2.21. The van der Waals surface area contributed by atoms with Crippen LogP contribution in [0.5, 0.6) is 0 Å². The number of hydrogen-bond donors (Lipinski definition) is 1. The first-order chi connectivity index (χ1) is 10.6. The van der Waals surface area contributed by atoms with E-state index in [0.717, 1.165) is 15.8 Å². The first-order valence-corrected chi connectivity index (χ1v) is 7.75. The molecule has 0 atom stereocenters. The van der Waals surface area contributed by atoms with Crippen LogP contribution in [0.2, 0.25) is 0 Å². The van der Waals surface area contributed by atoms with Crippen LogP contribution in [0.15, 0.2) is 59.1 Å². The van der Waals surface area contributed by atoms with Gasteiger partial charge in [-0.25, -0.2) is 0 Å². The van der Waals surface area contributed by atoms with Gasteiger partial charge in [0.1, 0.15) is 0 Å². The van der Waals surface area contributed by atoms with Gasteiger partial charge in [0.05, 0.1) is 5.69 Å². The standard InChI is InChI=1S/C17H17BrN2O2/c1-13(21)20(14-7-3-2-4-8-14)12-11-17(22)19-16-10-6-5-9-15(16)18/h2-10H,11-12H2,1H3,(H,19,22). The first-order valence-electron chi connectivity index (χ1n) is 6.95. The summed E-state index contributed by atoms with van der Waals surface area (Å²) < 4.78 is 0.829. The van der Waals surface area contributed by atoms with Gasteiger partial charge in [-0.1, -0.05) is 30.3 Å². The van der Waals surface area contributed by atoms with Crippen LogP contribution in [0.4, 0.5) is 11.4 Å². The van der Waals surface area contributed by atoms with Gasteiger partial charge < -0.3 is 10.2 Å². The smallest absolute Gasteiger partial charge is 0.226 e. The zero-order valence-corrected chi connectivity index (χ0v) is 13.8. The fourth-order valence-corrected chi connectivity index (χ4v) is 2.45. The predicted molar refractivity (Wildman–Crippen MR) is 91.9 cm³/mol. The highest BCUT2D eigenvalue weighted by Gasteiger charge is 2.13. The molecule has 0 heterocycles. The Kier molecular flexibility index (Phi) is 5.72. The number of benzene rings is 2. The van der Waals surface area contributed by atoms with Crippen LogP contribution in [0.25, 0.3) is 0 Å². The maximum Gasteiger partial charge on any atom is 0.226 e. The second-order valence-corrected chi connectivity index (χ2v) is 5.64. The van der Waals surface area contributed by atoms with E-state index in [2.05, 4.69) is 21.2 Å². The van der Waals surface area contributed by atoms with Crippen LogP contribution in [0.3, 0.4) is 0 Å². The van der Waals surface area contributed by atoms with Gasteiger partial charge in [-0.3, -0.25) is 9.59 Å². The van der Waals surface area contributed by atoms with Gasteiger partial charge in [0.25, 0.3) is 0 Å². The normalized spacial score (nSPS) is 10.1. The van der Waals surface area contributed by atoms with E-state index in [9.17, 15) is 9.59 Å². The Labute approximate surface area is 138 Å². The van der Waals surface area contributed by atoms with Crippen LogP contribution in [0.1, 0.15) is 13.3 Å². The van der Waals surface area contributed by atoms with Crippen molar-refractivity contribution in [3.8, 4) is 0 Å². The third-order valence-electron chi connectivity index (χ3n) is 3.16. The number of carbonyl (C=O) groups is 2. The van der Waals surface area contributed by atoms with Crippen LogP contribution < -0.4 is 10.2 Å². The molecule has 114 valence electrons. The lowest BCUT2D eigenvalue weighted by Crippen LogP contribution is -2.31. The number of halogens is 1. The molecule has 2 aromatic carbocycles. The van der Waals surface area contributed by atoms with E-state index in [-0.39, 0.29) is 18.2 Å². The highest BCUT2D eigenvalue weighted by atomic mass is 79.9. The molecule has 0 radical (unpaired) electrons. The number of para-hydroxylation sites is 2. The lowest BCUT2D eigenvalue weighted by molar-refractivity contribution is -0.117. The molecule has 0 saturated heterocycles. The molecule has 0 saturated carbocycles. The van der Waals surface area contributed by atoms with Crippen molar-refractivity contribution in [2.75, 3.05) is 16.8 Å². The monoisotopic (exact) mass is 360 g/mol. The summed E-state index contributed by atoms with van der Waals surface area (Å²) in [4.78, 5) is 25.4. The summed E-state index contributed by atoms with van der Waals surface area (Å²) in [6.45, 7) is 1.84. The van der Waals surface area contributed by atoms with Crippen LogP contribution in [-0.4, -0.2) is 18.4 Å². The Bertz CT molecular complexity index is 659. The summed E-state index contributed by atoms with van der Waals surface area (Å²) >= 11 is 3.39. The van der Waals surface area contributed by atoms with E-state index in [1.165, 1.54) is 6.92 Å². The van der Waals surface area contributed by atoms with Crippen LogP contribution in [0, 0.1) is 0 Å². The molecule has 22 heavy (non-hydrogen) atoms. The molecule has 0 unspecified atom stereocenters. The largest absolute Gasteiger partial charge is 0.325 e. The lowest BCUT2D eigenvalue weighted by Gasteiger charge is -2.21. The summed E-state index contributed by atoms with van der Waals surface area (Å²) in [7, 11) is 0. The second kappa shape index (κ2) is 7.75. The summed E-state index contributed by atoms with van der Waals surface area (Å²) in [5, 5.41) is 2.83. The quantitative estimate of drug-likeness (QED) is 0.880. The summed E-state index contributed by atoms with van der Waals surface area (Å²) in [6.07, 6.45) is 0.232. The molecular weight excluding hydrogens is 344 g/mol. The Hall–Kier alpha value is -2.14. The molecule has 0 aliphatic carbocycles. The third-order valence-corrected chi connectivity index (χ3v) is 3.85. The minimum atomic E-state index is -0.130. The number of nitrogens with zero attached hydrogens (tertiary/aromatic N) is 1. The summed E-state index contributed by atoms with van der Waals surface area (Å²) in [6, 6.07) is 16.8. The van der Waals surface area contributed by atoms with E-state index in [1.807, 2.05) is 54.6 Å². The van der Waals surface area contributed by atoms with Gasteiger partial charge in [0.15, 0.2) is 0 Å². The minimum Gasteiger partial charge on any atom is -0.325 e. The SMILES string of the molecule is CC(=O)N(CCC(=O)Nc1ccccc1Br)c1ccccc1. The number of rotatable bonds is 5. The van der Waals surface area contributed by atoms with Crippen molar-refractivity contribution in [2.24, 2.45) is 0 Å². The molecule has 2 amide bonds. The van der Waals surface area contributed by atoms with Crippen molar-refractivity contribution in [2.45, 2.75) is 13.3 Å². The zero-order chi connectivity index (χ0) is 15.9. The van der Waals surface area contributed by atoms with Crippen LogP contribution in [-0.2, 0) is 9.59 Å². The summed E-state index contributed by atoms with van der Waals surface area (Å²) in [5.74, 6) is -0.214. The van der Waals surface area contributed by atoms with Crippen molar-refractivity contribution in [1.82, 2.24) is 0 Å². The maximum absolute atomic E-state index is 12.1. The second-order valence-electron chi connectivity index (χ2n) is 4.78. The fourth-order valence-electron chi connectivity index (χ4n) is 2.06. The van der Waals surface area contributed by atoms with Gasteiger partial charge in [-0.15, -0.1) is 0 Å². The molecule has 2 aromatic rings. The minimum absolute atomic E-state index is 0.0834. The van der Waals surface area contributed by atoms with Crippen molar-refractivity contribution < 1.29 is 9.59 Å². The van der Waals surface area contributed by atoms with Crippen molar-refractivity contribution >= 4 is 39.1 Å². The fraction of sp³-hybridized carbons (Fsp3) is 0.176. The van der Waals surface area contributed by atoms with E-state index in [4.69, 9.17) is 0 Å². The highest BCUT2D eigenvalue weighted by molar-refractivity contribution is 9.10. The predicted octanol–water partition coefficient (Wildman–Crippen LogP) is 3.83. The molecule has 0 fully saturated rings. The Morgan fingerprint density at radius 2 is 1.68 bits per heavy atom. The summed E-state index contributed by atoms with van der Waals surface area (Å²) in [5.41, 5.74) is 1.52. The third kappa shape index (κ3) is 4.43. The topological polar surface area (TPSA) is 49.4 Å². The first kappa shape index (κ1) is 16.2.